The van der Waals surface area contributed by atoms with Gasteiger partial charge in [0.2, 0.25) is 0 Å². The van der Waals surface area contributed by atoms with E-state index in [4.69, 9.17) is 4.74 Å². The number of nitrogens with zero attached hydrogens (tertiary/aromatic N) is 1. The zero-order chi connectivity index (χ0) is 15.5. The maximum atomic E-state index is 12.4. The third-order valence-electron chi connectivity index (χ3n) is 3.72. The van der Waals surface area contributed by atoms with Crippen molar-refractivity contribution in [1.82, 2.24) is 5.32 Å². The number of para-hydroxylation sites is 1. The molecule has 2 atom stereocenters. The van der Waals surface area contributed by atoms with Gasteiger partial charge in [-0.2, -0.15) is 0 Å². The van der Waals surface area contributed by atoms with Crippen molar-refractivity contribution in [3.8, 4) is 0 Å². The fourth-order valence-electron chi connectivity index (χ4n) is 2.73. The first-order valence-electron chi connectivity index (χ1n) is 7.00. The first-order valence-corrected chi connectivity index (χ1v) is 7.00. The number of urea groups is 1. The lowest BCUT2D eigenvalue weighted by Gasteiger charge is -2.26. The molecule has 0 aliphatic carbocycles. The minimum atomic E-state index is -0.736. The van der Waals surface area contributed by atoms with E-state index in [0.29, 0.717) is 0 Å². The molecule has 2 unspecified atom stereocenters. The molecule has 2 aromatic rings. The van der Waals surface area contributed by atoms with E-state index < -0.39 is 18.1 Å². The van der Waals surface area contributed by atoms with Gasteiger partial charge < -0.3 is 10.1 Å². The lowest BCUT2D eigenvalue weighted by atomic mass is 9.99. The van der Waals surface area contributed by atoms with Crippen molar-refractivity contribution in [2.24, 2.45) is 0 Å². The van der Waals surface area contributed by atoms with Crippen molar-refractivity contribution < 1.29 is 14.3 Å². The Morgan fingerprint density at radius 1 is 1.05 bits per heavy atom. The monoisotopic (exact) mass is 296 g/mol. The summed E-state index contributed by atoms with van der Waals surface area (Å²) in [4.78, 5) is 26.0. The smallest absolute Gasteiger partial charge is 0.330 e. The van der Waals surface area contributed by atoms with Crippen LogP contribution in [0.4, 0.5) is 10.5 Å². The highest BCUT2D eigenvalue weighted by molar-refractivity contribution is 6.00. The number of hydrogen-bond acceptors (Lipinski definition) is 3. The van der Waals surface area contributed by atoms with Crippen molar-refractivity contribution in [3.63, 3.8) is 0 Å². The average molecular weight is 296 g/mol. The van der Waals surface area contributed by atoms with Crippen molar-refractivity contribution in [3.05, 3.63) is 66.2 Å². The lowest BCUT2D eigenvalue weighted by Crippen LogP contribution is -2.37. The number of anilines is 1. The topological polar surface area (TPSA) is 58.6 Å². The Morgan fingerprint density at radius 3 is 2.23 bits per heavy atom. The third kappa shape index (κ3) is 2.41. The second-order valence-electron chi connectivity index (χ2n) is 5.01. The second kappa shape index (κ2) is 5.89. The number of rotatable bonds is 3. The largest absolute Gasteiger partial charge is 0.467 e. The molecule has 3 rings (SSSR count). The van der Waals surface area contributed by atoms with Gasteiger partial charge in [-0.15, -0.1) is 0 Å². The summed E-state index contributed by atoms with van der Waals surface area (Å²) in [5.41, 5.74) is 1.61. The molecule has 1 fully saturated rings. The van der Waals surface area contributed by atoms with Crippen LogP contribution in [0.25, 0.3) is 0 Å². The van der Waals surface area contributed by atoms with Crippen molar-refractivity contribution in [1.29, 1.82) is 0 Å². The number of amides is 2. The number of carbonyl (C=O) groups excluding carboxylic acids is 2. The van der Waals surface area contributed by atoms with Crippen LogP contribution in [0.15, 0.2) is 60.7 Å². The Kier molecular flexibility index (Phi) is 3.78. The normalized spacial score (nSPS) is 20.6. The van der Waals surface area contributed by atoms with Crippen molar-refractivity contribution in [2.75, 3.05) is 12.0 Å². The predicted octanol–water partition coefficient (Wildman–Crippen LogP) is 2.50. The Bertz CT molecular complexity index is 673. The van der Waals surface area contributed by atoms with E-state index in [-0.39, 0.29) is 6.03 Å². The molecule has 0 aromatic heterocycles. The predicted molar refractivity (Wildman–Crippen MR) is 82.4 cm³/mol. The average Bonchev–Trinajstić information content (AvgIpc) is 2.93. The first-order chi connectivity index (χ1) is 10.7. The summed E-state index contributed by atoms with van der Waals surface area (Å²) in [6, 6.07) is 17.3. The van der Waals surface area contributed by atoms with E-state index in [9.17, 15) is 9.59 Å². The molecule has 112 valence electrons. The van der Waals surface area contributed by atoms with Gasteiger partial charge in [0, 0.05) is 5.69 Å². The Balaban J connectivity index is 2.07. The van der Waals surface area contributed by atoms with Crippen molar-refractivity contribution in [2.45, 2.75) is 12.1 Å². The SMILES string of the molecule is COC(=O)C1NC(=O)N(c2ccccc2)C1c1ccccc1. The Labute approximate surface area is 128 Å². The maximum Gasteiger partial charge on any atom is 0.330 e. The minimum Gasteiger partial charge on any atom is -0.467 e. The second-order valence-corrected chi connectivity index (χ2v) is 5.01. The Hall–Kier alpha value is -2.82. The van der Waals surface area contributed by atoms with Crippen LogP contribution in [0.3, 0.4) is 0 Å². The number of nitrogens with one attached hydrogen (secondary N) is 1. The molecule has 1 heterocycles. The van der Waals surface area contributed by atoms with Gasteiger partial charge in [-0.1, -0.05) is 48.5 Å². The van der Waals surface area contributed by atoms with E-state index in [0.717, 1.165) is 11.3 Å². The highest BCUT2D eigenvalue weighted by atomic mass is 16.5. The molecular formula is C17H16N2O3. The van der Waals surface area contributed by atoms with Crippen LogP contribution in [0.2, 0.25) is 0 Å². The summed E-state index contributed by atoms with van der Waals surface area (Å²) in [5, 5.41) is 2.71. The van der Waals surface area contributed by atoms with Gasteiger partial charge in [0.15, 0.2) is 6.04 Å². The van der Waals surface area contributed by atoms with Crippen LogP contribution in [0.5, 0.6) is 0 Å². The number of carbonyl (C=O) groups is 2. The van der Waals surface area contributed by atoms with Crippen LogP contribution in [0, 0.1) is 0 Å². The van der Waals surface area contributed by atoms with Gasteiger partial charge in [-0.3, -0.25) is 4.90 Å². The number of benzene rings is 2. The highest BCUT2D eigenvalue weighted by Crippen LogP contribution is 2.34. The zero-order valence-corrected chi connectivity index (χ0v) is 12.1. The quantitative estimate of drug-likeness (QED) is 0.885. The van der Waals surface area contributed by atoms with E-state index in [1.54, 1.807) is 4.90 Å². The maximum absolute atomic E-state index is 12.4. The molecule has 1 N–H and O–H groups in total. The summed E-state index contributed by atoms with van der Waals surface area (Å²) in [6.07, 6.45) is 0. The van der Waals surface area contributed by atoms with E-state index in [2.05, 4.69) is 5.32 Å². The number of ether oxygens (including phenoxy) is 1. The van der Waals surface area contributed by atoms with Crippen molar-refractivity contribution >= 4 is 17.7 Å². The molecule has 2 amide bonds. The van der Waals surface area contributed by atoms with E-state index >= 15 is 0 Å². The number of methoxy groups -OCH3 is 1. The summed E-state index contributed by atoms with van der Waals surface area (Å²) >= 11 is 0. The van der Waals surface area contributed by atoms with E-state index in [1.807, 2.05) is 60.7 Å². The summed E-state index contributed by atoms with van der Waals surface area (Å²) < 4.78 is 4.84. The van der Waals surface area contributed by atoms with Gasteiger partial charge in [0.25, 0.3) is 0 Å². The van der Waals surface area contributed by atoms with Gasteiger partial charge in [-0.05, 0) is 17.7 Å². The Morgan fingerprint density at radius 2 is 1.64 bits per heavy atom. The number of esters is 1. The molecule has 0 bridgehead atoms. The van der Waals surface area contributed by atoms with Gasteiger partial charge >= 0.3 is 12.0 Å². The molecule has 0 spiro atoms. The molecule has 1 aliphatic rings. The molecule has 0 saturated carbocycles. The first kappa shape index (κ1) is 14.1. The van der Waals surface area contributed by atoms with E-state index in [1.165, 1.54) is 7.11 Å². The summed E-state index contributed by atoms with van der Waals surface area (Å²) in [6.45, 7) is 0. The van der Waals surface area contributed by atoms with Crippen LogP contribution < -0.4 is 10.2 Å². The molecule has 1 aliphatic heterocycles. The third-order valence-corrected chi connectivity index (χ3v) is 3.72. The molecule has 22 heavy (non-hydrogen) atoms. The highest BCUT2D eigenvalue weighted by Gasteiger charge is 2.45. The summed E-state index contributed by atoms with van der Waals surface area (Å²) in [7, 11) is 1.32. The molecule has 0 radical (unpaired) electrons. The molecule has 5 heteroatoms. The number of hydrogen-bond donors (Lipinski definition) is 1. The van der Waals surface area contributed by atoms with Crippen LogP contribution in [-0.2, 0) is 9.53 Å². The van der Waals surface area contributed by atoms with Gasteiger partial charge in [-0.25, -0.2) is 9.59 Å². The fourth-order valence-corrected chi connectivity index (χ4v) is 2.73. The fraction of sp³-hybridized carbons (Fsp3) is 0.176. The van der Waals surface area contributed by atoms with Crippen LogP contribution in [-0.4, -0.2) is 25.2 Å². The van der Waals surface area contributed by atoms with Crippen LogP contribution >= 0.6 is 0 Å². The van der Waals surface area contributed by atoms with Crippen LogP contribution in [0.1, 0.15) is 11.6 Å². The molecule has 1 saturated heterocycles. The standard InChI is InChI=1S/C17H16N2O3/c1-22-16(20)14-15(12-8-4-2-5-9-12)19(17(21)18-14)13-10-6-3-7-11-13/h2-11,14-15H,1H3,(H,18,21). The molecule has 2 aromatic carbocycles. The summed E-state index contributed by atoms with van der Waals surface area (Å²) in [5.74, 6) is -0.458. The van der Waals surface area contributed by atoms with Gasteiger partial charge in [0.05, 0.1) is 13.2 Å². The zero-order valence-electron chi connectivity index (χ0n) is 12.1. The minimum absolute atomic E-state index is 0.310. The van der Waals surface area contributed by atoms with Gasteiger partial charge in [0.1, 0.15) is 0 Å². The lowest BCUT2D eigenvalue weighted by molar-refractivity contribution is -0.142. The molecular weight excluding hydrogens is 280 g/mol. The molecule has 5 nitrogen and oxygen atoms in total.